The number of ketones is 1. The Hall–Kier alpha value is -1.90. The fraction of sp³-hybridized carbons (Fsp3) is 0.200. The van der Waals surface area contributed by atoms with Crippen molar-refractivity contribution in [1.29, 1.82) is 5.26 Å². The van der Waals surface area contributed by atoms with Gasteiger partial charge in [0.05, 0.1) is 6.07 Å². The van der Waals surface area contributed by atoms with Gasteiger partial charge in [-0.05, 0) is 0 Å². The van der Waals surface area contributed by atoms with E-state index in [1.165, 1.54) is 0 Å². The summed E-state index contributed by atoms with van der Waals surface area (Å²) in [6, 6.07) is 1.05. The molecule has 11 heavy (non-hydrogen) atoms. The maximum Gasteiger partial charge on any atom is 0.374 e. The van der Waals surface area contributed by atoms with Gasteiger partial charge in [-0.2, -0.15) is 5.26 Å². The van der Waals surface area contributed by atoms with Gasteiger partial charge in [0.25, 0.3) is 5.78 Å². The van der Waals surface area contributed by atoms with E-state index in [1.807, 2.05) is 0 Å². The van der Waals surface area contributed by atoms with Crippen molar-refractivity contribution in [3.8, 4) is 6.07 Å². The first-order valence-corrected chi connectivity index (χ1v) is 2.40. The van der Waals surface area contributed by atoms with Gasteiger partial charge in [-0.1, -0.05) is 0 Å². The first-order chi connectivity index (χ1) is 5.00. The number of hydrogen-bond acceptors (Lipinski definition) is 4. The third-order valence-electron chi connectivity index (χ3n) is 0.849. The number of aliphatic carboxylic acids is 2. The molecular formula is C5H3NO5. The number of rotatable bonds is 3. The van der Waals surface area contributed by atoms with E-state index >= 15 is 0 Å². The van der Waals surface area contributed by atoms with Gasteiger partial charge in [0.2, 0.25) is 5.92 Å². The van der Waals surface area contributed by atoms with E-state index in [2.05, 4.69) is 0 Å². The summed E-state index contributed by atoms with van der Waals surface area (Å²) in [5.74, 6) is -7.40. The molecule has 0 saturated heterocycles. The van der Waals surface area contributed by atoms with Crippen LogP contribution in [0, 0.1) is 17.2 Å². The van der Waals surface area contributed by atoms with Gasteiger partial charge in [-0.3, -0.25) is 9.59 Å². The molecule has 1 atom stereocenters. The van der Waals surface area contributed by atoms with Crippen LogP contribution in [0.1, 0.15) is 0 Å². The zero-order chi connectivity index (χ0) is 9.02. The summed E-state index contributed by atoms with van der Waals surface area (Å²) in [7, 11) is 0. The number of nitrogens with zero attached hydrogens (tertiary/aromatic N) is 1. The quantitative estimate of drug-likeness (QED) is 0.395. The van der Waals surface area contributed by atoms with Crippen molar-refractivity contribution < 1.29 is 24.6 Å². The van der Waals surface area contributed by atoms with Gasteiger partial charge in [-0.25, -0.2) is 4.79 Å². The average molecular weight is 157 g/mol. The molecule has 0 saturated carbocycles. The summed E-state index contributed by atoms with van der Waals surface area (Å²) in [5, 5.41) is 24.1. The molecule has 0 aliphatic carbocycles. The van der Waals surface area contributed by atoms with Crippen molar-refractivity contribution in [2.75, 3.05) is 0 Å². The van der Waals surface area contributed by atoms with Crippen LogP contribution in [-0.4, -0.2) is 27.9 Å². The Morgan fingerprint density at radius 1 is 1.27 bits per heavy atom. The van der Waals surface area contributed by atoms with Crippen LogP contribution in [0.5, 0.6) is 0 Å². The predicted octanol–water partition coefficient (Wildman–Crippen LogP) is -1.14. The second kappa shape index (κ2) is 3.31. The Bertz CT molecular complexity index is 250. The highest BCUT2D eigenvalue weighted by Crippen LogP contribution is 1.96. The first kappa shape index (κ1) is 9.10. The minimum atomic E-state index is -2.10. The minimum absolute atomic E-state index is 1.05. The number of hydrogen-bond donors (Lipinski definition) is 2. The van der Waals surface area contributed by atoms with Gasteiger partial charge in [0.15, 0.2) is 0 Å². The van der Waals surface area contributed by atoms with Gasteiger partial charge in [0, 0.05) is 0 Å². The fourth-order valence-electron chi connectivity index (χ4n) is 0.349. The Morgan fingerprint density at radius 2 is 1.73 bits per heavy atom. The molecule has 2 N–H and O–H groups in total. The zero-order valence-electron chi connectivity index (χ0n) is 5.14. The largest absolute Gasteiger partial charge is 0.480 e. The average Bonchev–Trinajstić information content (AvgIpc) is 1.88. The minimum Gasteiger partial charge on any atom is -0.480 e. The molecule has 0 radical (unpaired) electrons. The van der Waals surface area contributed by atoms with E-state index < -0.39 is 23.6 Å². The van der Waals surface area contributed by atoms with Gasteiger partial charge in [0.1, 0.15) is 0 Å². The van der Waals surface area contributed by atoms with E-state index in [9.17, 15) is 14.4 Å². The number of carbonyl (C=O) groups is 3. The maximum atomic E-state index is 10.3. The molecule has 0 rings (SSSR count). The molecule has 0 fully saturated rings. The van der Waals surface area contributed by atoms with Crippen LogP contribution in [-0.2, 0) is 14.4 Å². The van der Waals surface area contributed by atoms with Crippen molar-refractivity contribution in [2.45, 2.75) is 0 Å². The normalized spacial score (nSPS) is 11.2. The molecule has 0 aromatic heterocycles. The molecule has 0 bridgehead atoms. The molecule has 0 aromatic rings. The molecule has 6 nitrogen and oxygen atoms in total. The second-order valence-corrected chi connectivity index (χ2v) is 1.57. The van der Waals surface area contributed by atoms with E-state index in [0.29, 0.717) is 0 Å². The van der Waals surface area contributed by atoms with Crippen molar-refractivity contribution in [3.05, 3.63) is 0 Å². The molecule has 0 aliphatic heterocycles. The molecule has 0 aromatic carbocycles. The lowest BCUT2D eigenvalue weighted by molar-refractivity contribution is -0.155. The summed E-state index contributed by atoms with van der Waals surface area (Å²) in [6.45, 7) is 0. The standard InChI is InChI=1S/C5H3NO5/c6-1-2(4(8)9)3(7)5(10)11/h2H,(H,8,9)(H,10,11). The Kier molecular flexibility index (Phi) is 2.74. The van der Waals surface area contributed by atoms with Crippen LogP contribution >= 0.6 is 0 Å². The van der Waals surface area contributed by atoms with Crippen LogP contribution in [0.4, 0.5) is 0 Å². The SMILES string of the molecule is N#CC(C(=O)O)C(=O)C(=O)O. The third-order valence-corrected chi connectivity index (χ3v) is 0.849. The molecule has 0 spiro atoms. The number of carbonyl (C=O) groups excluding carboxylic acids is 1. The summed E-state index contributed by atoms with van der Waals surface area (Å²) in [4.78, 5) is 30.1. The Labute approximate surface area is 60.7 Å². The molecule has 1 unspecified atom stereocenters. The highest BCUT2D eigenvalue weighted by atomic mass is 16.4. The predicted molar refractivity (Wildman–Crippen MR) is 29.4 cm³/mol. The molecule has 0 amide bonds. The lowest BCUT2D eigenvalue weighted by Gasteiger charge is -1.95. The smallest absolute Gasteiger partial charge is 0.374 e. The van der Waals surface area contributed by atoms with E-state index in [0.717, 1.165) is 6.07 Å². The number of nitriles is 1. The number of Topliss-reactive ketones (excluding diaryl/α,β-unsaturated/α-hetero) is 1. The summed E-state index contributed by atoms with van der Waals surface area (Å²) in [6.07, 6.45) is 0. The van der Waals surface area contributed by atoms with Crippen LogP contribution in [0.3, 0.4) is 0 Å². The summed E-state index contributed by atoms with van der Waals surface area (Å²) in [5.41, 5.74) is 0. The molecule has 58 valence electrons. The summed E-state index contributed by atoms with van der Waals surface area (Å²) < 4.78 is 0. The lowest BCUT2D eigenvalue weighted by atomic mass is 10.1. The molecule has 0 heterocycles. The summed E-state index contributed by atoms with van der Waals surface area (Å²) >= 11 is 0. The highest BCUT2D eigenvalue weighted by Gasteiger charge is 2.31. The van der Waals surface area contributed by atoms with Gasteiger partial charge >= 0.3 is 11.9 Å². The third kappa shape index (κ3) is 2.06. The topological polar surface area (TPSA) is 115 Å². The lowest BCUT2D eigenvalue weighted by Crippen LogP contribution is -2.28. The highest BCUT2D eigenvalue weighted by molar-refractivity contribution is 6.37. The van der Waals surface area contributed by atoms with Crippen molar-refractivity contribution in [2.24, 2.45) is 5.92 Å². The Balaban J connectivity index is 4.56. The monoisotopic (exact) mass is 157 g/mol. The van der Waals surface area contributed by atoms with Crippen LogP contribution in [0.2, 0.25) is 0 Å². The fourth-order valence-corrected chi connectivity index (χ4v) is 0.349. The molecule has 0 aliphatic rings. The zero-order valence-corrected chi connectivity index (χ0v) is 5.14. The van der Waals surface area contributed by atoms with Crippen molar-refractivity contribution >= 4 is 17.7 Å². The molecular weight excluding hydrogens is 154 g/mol. The Morgan fingerprint density at radius 3 is 1.82 bits per heavy atom. The van der Waals surface area contributed by atoms with Crippen LogP contribution < -0.4 is 0 Å². The van der Waals surface area contributed by atoms with Crippen molar-refractivity contribution in [1.82, 2.24) is 0 Å². The second-order valence-electron chi connectivity index (χ2n) is 1.57. The molecule has 6 heteroatoms. The van der Waals surface area contributed by atoms with Gasteiger partial charge < -0.3 is 10.2 Å². The van der Waals surface area contributed by atoms with E-state index in [1.54, 1.807) is 0 Å². The van der Waals surface area contributed by atoms with Gasteiger partial charge in [-0.15, -0.1) is 0 Å². The van der Waals surface area contributed by atoms with E-state index in [-0.39, 0.29) is 0 Å². The van der Waals surface area contributed by atoms with Crippen LogP contribution in [0.25, 0.3) is 0 Å². The number of carboxylic acids is 2. The van der Waals surface area contributed by atoms with E-state index in [4.69, 9.17) is 15.5 Å². The maximum absolute atomic E-state index is 10.3. The number of carboxylic acid groups (broad SMARTS) is 2. The first-order valence-electron chi connectivity index (χ1n) is 2.40. The van der Waals surface area contributed by atoms with Crippen LogP contribution in [0.15, 0.2) is 0 Å². The van der Waals surface area contributed by atoms with Crippen molar-refractivity contribution in [3.63, 3.8) is 0 Å².